The molecule has 9 heteroatoms. The minimum absolute atomic E-state index is 0.00611. The molecule has 0 radical (unpaired) electrons. The highest BCUT2D eigenvalue weighted by Crippen LogP contribution is 2.27. The summed E-state index contributed by atoms with van der Waals surface area (Å²) in [7, 11) is -1.64. The first-order valence-electron chi connectivity index (χ1n) is 7.16. The number of hydrogen-bond acceptors (Lipinski definition) is 5. The Morgan fingerprint density at radius 2 is 2.08 bits per heavy atom. The number of carbonyl (C=O) groups excluding carboxylic acids is 1. The third kappa shape index (κ3) is 3.03. The Morgan fingerprint density at radius 3 is 2.71 bits per heavy atom. The Balaban J connectivity index is 1.89. The summed E-state index contributed by atoms with van der Waals surface area (Å²) in [4.78, 5) is 13.9. The monoisotopic (exact) mass is 356 g/mol. The zero-order chi connectivity index (χ0) is 17.5. The van der Waals surface area contributed by atoms with Crippen molar-refractivity contribution in [1.29, 1.82) is 0 Å². The SMILES string of the molecule is CN(C(=O)c1cnoc1-c1ccc(F)c(F)c1)C1CCS(=O)(=O)C1. The maximum absolute atomic E-state index is 13.4. The predicted octanol–water partition coefficient (Wildman–Crippen LogP) is 1.88. The van der Waals surface area contributed by atoms with Crippen LogP contribution in [-0.2, 0) is 9.84 Å². The van der Waals surface area contributed by atoms with Crippen molar-refractivity contribution in [3.05, 3.63) is 41.6 Å². The lowest BCUT2D eigenvalue weighted by atomic mass is 10.1. The first kappa shape index (κ1) is 16.6. The number of sulfone groups is 1. The van der Waals surface area contributed by atoms with Gasteiger partial charge in [0.25, 0.3) is 5.91 Å². The van der Waals surface area contributed by atoms with Gasteiger partial charge in [0, 0.05) is 18.7 Å². The lowest BCUT2D eigenvalue weighted by Gasteiger charge is -2.23. The highest BCUT2D eigenvalue weighted by atomic mass is 32.2. The van der Waals surface area contributed by atoms with Crippen molar-refractivity contribution in [2.45, 2.75) is 12.5 Å². The Kier molecular flexibility index (Phi) is 4.12. The molecule has 1 aliphatic heterocycles. The van der Waals surface area contributed by atoms with Crippen LogP contribution in [0.4, 0.5) is 8.78 Å². The van der Waals surface area contributed by atoms with Crippen molar-refractivity contribution in [2.75, 3.05) is 18.6 Å². The second kappa shape index (κ2) is 5.97. The number of rotatable bonds is 3. The molecule has 6 nitrogen and oxygen atoms in total. The fourth-order valence-electron chi connectivity index (χ4n) is 2.67. The fourth-order valence-corrected chi connectivity index (χ4v) is 4.45. The summed E-state index contributed by atoms with van der Waals surface area (Å²) < 4.78 is 54.6. The summed E-state index contributed by atoms with van der Waals surface area (Å²) in [5, 5.41) is 3.55. The quantitative estimate of drug-likeness (QED) is 0.839. The summed E-state index contributed by atoms with van der Waals surface area (Å²) in [6, 6.07) is 2.67. The highest BCUT2D eigenvalue weighted by Gasteiger charge is 2.34. The predicted molar refractivity (Wildman–Crippen MR) is 81.0 cm³/mol. The maximum Gasteiger partial charge on any atom is 0.259 e. The smallest absolute Gasteiger partial charge is 0.259 e. The van der Waals surface area contributed by atoms with E-state index < -0.39 is 33.4 Å². The van der Waals surface area contributed by atoms with Gasteiger partial charge in [-0.15, -0.1) is 0 Å². The molecule has 2 aromatic rings. The summed E-state index contributed by atoms with van der Waals surface area (Å²) in [5.41, 5.74) is 0.231. The molecule has 1 unspecified atom stereocenters. The van der Waals surface area contributed by atoms with Crippen LogP contribution in [0.25, 0.3) is 11.3 Å². The molecule has 1 aromatic carbocycles. The highest BCUT2D eigenvalue weighted by molar-refractivity contribution is 7.91. The standard InChI is InChI=1S/C15H14F2N2O4S/c1-19(10-4-5-24(21,22)8-10)15(20)11-7-18-23-14(11)9-2-3-12(16)13(17)6-9/h2-3,6-7,10H,4-5,8H2,1H3. The molecule has 1 amide bonds. The number of halogens is 2. The normalized spacial score (nSPS) is 19.4. The number of benzene rings is 1. The molecule has 0 saturated carbocycles. The third-order valence-corrected chi connectivity index (χ3v) is 5.81. The molecule has 128 valence electrons. The summed E-state index contributed by atoms with van der Waals surface area (Å²) in [5.74, 6) is -2.63. The molecule has 0 bridgehead atoms. The van der Waals surface area contributed by atoms with E-state index in [2.05, 4.69) is 5.16 Å². The van der Waals surface area contributed by atoms with E-state index in [1.165, 1.54) is 24.2 Å². The number of amides is 1. The van der Waals surface area contributed by atoms with E-state index in [4.69, 9.17) is 4.52 Å². The molecule has 1 atom stereocenters. The van der Waals surface area contributed by atoms with Crippen molar-refractivity contribution in [3.8, 4) is 11.3 Å². The van der Waals surface area contributed by atoms with Gasteiger partial charge < -0.3 is 9.42 Å². The average molecular weight is 356 g/mol. The minimum Gasteiger partial charge on any atom is -0.355 e. The van der Waals surface area contributed by atoms with Gasteiger partial charge in [0.05, 0.1) is 17.7 Å². The van der Waals surface area contributed by atoms with Crippen LogP contribution in [0.2, 0.25) is 0 Å². The molecule has 1 fully saturated rings. The fraction of sp³-hybridized carbons (Fsp3) is 0.333. The number of nitrogens with zero attached hydrogens (tertiary/aromatic N) is 2. The zero-order valence-corrected chi connectivity index (χ0v) is 13.5. The molecular weight excluding hydrogens is 342 g/mol. The summed E-state index contributed by atoms with van der Waals surface area (Å²) in [6.45, 7) is 0. The van der Waals surface area contributed by atoms with Gasteiger partial charge >= 0.3 is 0 Å². The molecule has 1 aliphatic rings. The second-order valence-electron chi connectivity index (χ2n) is 5.67. The van der Waals surface area contributed by atoms with E-state index in [1.807, 2.05) is 0 Å². The van der Waals surface area contributed by atoms with Crippen molar-refractivity contribution in [1.82, 2.24) is 10.1 Å². The van der Waals surface area contributed by atoms with E-state index in [0.29, 0.717) is 6.42 Å². The second-order valence-corrected chi connectivity index (χ2v) is 7.90. The Morgan fingerprint density at radius 1 is 1.33 bits per heavy atom. The molecule has 1 aromatic heterocycles. The first-order valence-corrected chi connectivity index (χ1v) is 8.98. The minimum atomic E-state index is -3.14. The van der Waals surface area contributed by atoms with Gasteiger partial charge in [-0.1, -0.05) is 5.16 Å². The number of hydrogen-bond donors (Lipinski definition) is 0. The van der Waals surface area contributed by atoms with Gasteiger partial charge in [0.2, 0.25) is 0 Å². The summed E-state index contributed by atoms with van der Waals surface area (Å²) in [6.07, 6.45) is 1.54. The van der Waals surface area contributed by atoms with E-state index in [1.54, 1.807) is 0 Å². The van der Waals surface area contributed by atoms with Crippen molar-refractivity contribution >= 4 is 15.7 Å². The lowest BCUT2D eigenvalue weighted by molar-refractivity contribution is 0.0748. The number of aromatic nitrogens is 1. The zero-order valence-electron chi connectivity index (χ0n) is 12.7. The van der Waals surface area contributed by atoms with Crippen LogP contribution in [0.15, 0.2) is 28.9 Å². The van der Waals surface area contributed by atoms with Crippen LogP contribution >= 0.6 is 0 Å². The molecule has 0 spiro atoms. The van der Waals surface area contributed by atoms with Gasteiger partial charge in [-0.25, -0.2) is 17.2 Å². The van der Waals surface area contributed by atoms with Crippen LogP contribution in [0, 0.1) is 11.6 Å². The summed E-state index contributed by atoms with van der Waals surface area (Å²) >= 11 is 0. The van der Waals surface area contributed by atoms with Crippen LogP contribution < -0.4 is 0 Å². The molecular formula is C15H14F2N2O4S. The molecule has 2 heterocycles. The van der Waals surface area contributed by atoms with Crippen LogP contribution in [0.5, 0.6) is 0 Å². The molecule has 24 heavy (non-hydrogen) atoms. The van der Waals surface area contributed by atoms with E-state index in [9.17, 15) is 22.0 Å². The van der Waals surface area contributed by atoms with Crippen LogP contribution in [0.3, 0.4) is 0 Å². The molecule has 0 N–H and O–H groups in total. The Labute approximate surface area is 137 Å². The van der Waals surface area contributed by atoms with E-state index >= 15 is 0 Å². The van der Waals surface area contributed by atoms with E-state index in [-0.39, 0.29) is 28.4 Å². The number of carbonyl (C=O) groups is 1. The van der Waals surface area contributed by atoms with Gasteiger partial charge in [0.15, 0.2) is 27.2 Å². The van der Waals surface area contributed by atoms with Crippen molar-refractivity contribution < 1.29 is 26.5 Å². The lowest BCUT2D eigenvalue weighted by Crippen LogP contribution is -2.37. The molecule has 1 saturated heterocycles. The largest absolute Gasteiger partial charge is 0.355 e. The van der Waals surface area contributed by atoms with E-state index in [0.717, 1.165) is 12.1 Å². The Bertz CT molecular complexity index is 895. The Hall–Kier alpha value is -2.29. The topological polar surface area (TPSA) is 80.5 Å². The average Bonchev–Trinajstić information content (AvgIpc) is 3.15. The van der Waals surface area contributed by atoms with Gasteiger partial charge in [-0.3, -0.25) is 4.79 Å². The van der Waals surface area contributed by atoms with Gasteiger partial charge in [0.1, 0.15) is 5.56 Å². The van der Waals surface area contributed by atoms with Crippen molar-refractivity contribution in [2.24, 2.45) is 0 Å². The van der Waals surface area contributed by atoms with Gasteiger partial charge in [-0.05, 0) is 24.6 Å². The maximum atomic E-state index is 13.4. The van der Waals surface area contributed by atoms with Crippen LogP contribution in [0.1, 0.15) is 16.8 Å². The van der Waals surface area contributed by atoms with Crippen molar-refractivity contribution in [3.63, 3.8) is 0 Å². The first-order chi connectivity index (χ1) is 11.3. The molecule has 0 aliphatic carbocycles. The molecule has 3 rings (SSSR count). The third-order valence-electron chi connectivity index (χ3n) is 4.06. The van der Waals surface area contributed by atoms with Crippen LogP contribution in [-0.4, -0.2) is 49.0 Å². The van der Waals surface area contributed by atoms with Gasteiger partial charge in [-0.2, -0.15) is 0 Å².